The molecule has 3 rings (SSSR count). The predicted octanol–water partition coefficient (Wildman–Crippen LogP) is 2.50. The molecule has 170 valence electrons. The molecule has 0 bridgehead atoms. The number of nitrogens with one attached hydrogen (secondary N) is 1. The van der Waals surface area contributed by atoms with Gasteiger partial charge in [0.25, 0.3) is 0 Å². The topological polar surface area (TPSA) is 127 Å². The fraction of sp³-hybridized carbons (Fsp3) is 0.435. The van der Waals surface area contributed by atoms with E-state index in [0.29, 0.717) is 46.9 Å². The summed E-state index contributed by atoms with van der Waals surface area (Å²) in [5, 5.41) is 11.4. The maximum Gasteiger partial charge on any atom is 0.235 e. The zero-order valence-electron chi connectivity index (χ0n) is 19.2. The Hall–Kier alpha value is -3.67. The van der Waals surface area contributed by atoms with Crippen LogP contribution in [0.2, 0.25) is 0 Å². The van der Waals surface area contributed by atoms with Gasteiger partial charge >= 0.3 is 0 Å². The Labute approximate surface area is 187 Å². The lowest BCUT2D eigenvalue weighted by Gasteiger charge is -2.43. The van der Waals surface area contributed by atoms with Gasteiger partial charge in [0.15, 0.2) is 17.3 Å². The van der Waals surface area contributed by atoms with Gasteiger partial charge < -0.3 is 19.9 Å². The molecule has 0 aromatic heterocycles. The molecular weight excluding hydrogens is 412 g/mol. The summed E-state index contributed by atoms with van der Waals surface area (Å²) >= 11 is 0. The Morgan fingerprint density at radius 3 is 2.28 bits per heavy atom. The van der Waals surface area contributed by atoms with Crippen LogP contribution in [0, 0.1) is 16.7 Å². The second kappa shape index (κ2) is 8.46. The number of benzene rings is 1. The van der Waals surface area contributed by atoms with Gasteiger partial charge in [-0.2, -0.15) is 5.26 Å². The molecule has 0 saturated heterocycles. The lowest BCUT2D eigenvalue weighted by Crippen LogP contribution is -2.49. The number of ether oxygens (including phenoxy) is 3. The number of nitriles is 1. The van der Waals surface area contributed by atoms with Crippen molar-refractivity contribution in [3.05, 3.63) is 40.4 Å². The Bertz CT molecular complexity index is 1080. The molecule has 1 heterocycles. The number of hydrogen-bond donors (Lipinski definition) is 2. The van der Waals surface area contributed by atoms with Crippen LogP contribution in [-0.4, -0.2) is 38.0 Å². The molecule has 1 amide bonds. The van der Waals surface area contributed by atoms with Gasteiger partial charge in [-0.15, -0.1) is 0 Å². The Kier molecular flexibility index (Phi) is 6.08. The molecule has 3 N–H and O–H groups in total. The van der Waals surface area contributed by atoms with Gasteiger partial charge in [0.05, 0.1) is 44.6 Å². The standard InChI is InChI=1S/C23H28N4O5/c1-12(28)26-27-15-9-23(2,3)10-16(29)21(15)20(14(11-24)22(27)25)13-7-18(31-5)19(32-6)8-17(13)30-4/h7-8,20H,9-10,25H2,1-6H3,(H,26,28). The van der Waals surface area contributed by atoms with Crippen LogP contribution in [0.15, 0.2) is 34.8 Å². The van der Waals surface area contributed by atoms with E-state index in [2.05, 4.69) is 11.5 Å². The predicted molar refractivity (Wildman–Crippen MR) is 116 cm³/mol. The number of nitrogens with two attached hydrogens (primary N) is 1. The molecule has 9 nitrogen and oxygen atoms in total. The first kappa shape index (κ1) is 23.0. The van der Waals surface area contributed by atoms with Crippen LogP contribution < -0.4 is 25.4 Å². The van der Waals surface area contributed by atoms with Crippen molar-refractivity contribution in [3.8, 4) is 23.3 Å². The van der Waals surface area contributed by atoms with E-state index >= 15 is 0 Å². The van der Waals surface area contributed by atoms with E-state index in [1.54, 1.807) is 12.1 Å². The van der Waals surface area contributed by atoms with Crippen LogP contribution in [-0.2, 0) is 9.59 Å². The molecule has 0 spiro atoms. The number of carbonyl (C=O) groups is 2. The zero-order valence-corrected chi connectivity index (χ0v) is 19.2. The molecule has 0 radical (unpaired) electrons. The number of hydrogen-bond acceptors (Lipinski definition) is 8. The quantitative estimate of drug-likeness (QED) is 0.715. The Balaban J connectivity index is 2.35. The molecule has 1 aliphatic carbocycles. The Morgan fingerprint density at radius 2 is 1.75 bits per heavy atom. The molecule has 9 heteroatoms. The average molecular weight is 441 g/mol. The van der Waals surface area contributed by atoms with Crippen LogP contribution in [0.5, 0.6) is 17.2 Å². The first-order chi connectivity index (χ1) is 15.1. The molecule has 1 aromatic rings. The van der Waals surface area contributed by atoms with Crippen molar-refractivity contribution < 1.29 is 23.8 Å². The van der Waals surface area contributed by atoms with Gasteiger partial charge in [0, 0.05) is 30.5 Å². The fourth-order valence-electron chi connectivity index (χ4n) is 4.38. The van der Waals surface area contributed by atoms with E-state index in [4.69, 9.17) is 19.9 Å². The number of nitrogens with zero attached hydrogens (tertiary/aromatic N) is 2. The highest BCUT2D eigenvalue weighted by Gasteiger charge is 2.45. The number of ketones is 1. The Morgan fingerprint density at radius 1 is 1.16 bits per heavy atom. The van der Waals surface area contributed by atoms with E-state index in [-0.39, 0.29) is 28.5 Å². The van der Waals surface area contributed by atoms with Crippen LogP contribution in [0.25, 0.3) is 0 Å². The van der Waals surface area contributed by atoms with Crippen molar-refractivity contribution in [1.29, 1.82) is 5.26 Å². The van der Waals surface area contributed by atoms with Gasteiger partial charge in [-0.1, -0.05) is 13.8 Å². The maximum absolute atomic E-state index is 13.4. The number of methoxy groups -OCH3 is 3. The zero-order chi connectivity index (χ0) is 23.8. The summed E-state index contributed by atoms with van der Waals surface area (Å²) in [4.78, 5) is 25.3. The van der Waals surface area contributed by atoms with Gasteiger partial charge in [-0.05, 0) is 17.9 Å². The van der Waals surface area contributed by atoms with Crippen LogP contribution >= 0.6 is 0 Å². The summed E-state index contributed by atoms with van der Waals surface area (Å²) in [6, 6.07) is 5.49. The third-order valence-corrected chi connectivity index (χ3v) is 5.70. The third-order valence-electron chi connectivity index (χ3n) is 5.70. The summed E-state index contributed by atoms with van der Waals surface area (Å²) in [6.07, 6.45) is 0.782. The highest BCUT2D eigenvalue weighted by atomic mass is 16.5. The number of amides is 1. The molecule has 1 aromatic carbocycles. The minimum Gasteiger partial charge on any atom is -0.496 e. The molecule has 1 aliphatic heterocycles. The van der Waals surface area contributed by atoms with Gasteiger partial charge in [0.2, 0.25) is 5.91 Å². The first-order valence-electron chi connectivity index (χ1n) is 10.1. The number of Topliss-reactive ketones (excluding diaryl/α,β-unsaturated/α-hetero) is 1. The smallest absolute Gasteiger partial charge is 0.235 e. The molecule has 0 fully saturated rings. The number of carbonyl (C=O) groups excluding carboxylic acids is 2. The van der Waals surface area contributed by atoms with Crippen molar-refractivity contribution in [2.75, 3.05) is 21.3 Å². The third kappa shape index (κ3) is 3.84. The highest BCUT2D eigenvalue weighted by molar-refractivity contribution is 6.00. The molecule has 0 saturated carbocycles. The van der Waals surface area contributed by atoms with Crippen molar-refractivity contribution in [1.82, 2.24) is 10.4 Å². The van der Waals surface area contributed by atoms with E-state index in [9.17, 15) is 14.9 Å². The van der Waals surface area contributed by atoms with E-state index in [1.807, 2.05) is 13.8 Å². The van der Waals surface area contributed by atoms with Crippen LogP contribution in [0.3, 0.4) is 0 Å². The SMILES string of the molecule is COc1cc(OC)c(C2C(C#N)=C(N)N(NC(C)=O)C3=C2C(=O)CC(C)(C)C3)cc1OC. The summed E-state index contributed by atoms with van der Waals surface area (Å²) in [6.45, 7) is 5.30. The van der Waals surface area contributed by atoms with Gasteiger partial charge in [0.1, 0.15) is 11.6 Å². The van der Waals surface area contributed by atoms with Crippen LogP contribution in [0.1, 0.15) is 45.1 Å². The molecule has 1 unspecified atom stereocenters. The summed E-state index contributed by atoms with van der Waals surface area (Å²) in [7, 11) is 4.51. The summed E-state index contributed by atoms with van der Waals surface area (Å²) in [5.74, 6) is 0.0975. The minimum absolute atomic E-state index is 0.0637. The second-order valence-electron chi connectivity index (χ2n) is 8.60. The normalized spacial score (nSPS) is 19.8. The largest absolute Gasteiger partial charge is 0.496 e. The first-order valence-corrected chi connectivity index (χ1v) is 10.1. The average Bonchev–Trinajstić information content (AvgIpc) is 2.73. The molecule has 32 heavy (non-hydrogen) atoms. The van der Waals surface area contributed by atoms with Crippen molar-refractivity contribution in [3.63, 3.8) is 0 Å². The second-order valence-corrected chi connectivity index (χ2v) is 8.60. The van der Waals surface area contributed by atoms with Crippen LogP contribution in [0.4, 0.5) is 0 Å². The van der Waals surface area contributed by atoms with Gasteiger partial charge in [-0.25, -0.2) is 5.01 Å². The monoisotopic (exact) mass is 440 g/mol. The lowest BCUT2D eigenvalue weighted by atomic mass is 9.69. The fourth-order valence-corrected chi connectivity index (χ4v) is 4.38. The maximum atomic E-state index is 13.4. The molecule has 1 atom stereocenters. The number of allylic oxidation sites excluding steroid dienone is 3. The molecular formula is C23H28N4O5. The van der Waals surface area contributed by atoms with E-state index in [1.165, 1.54) is 33.3 Å². The van der Waals surface area contributed by atoms with Gasteiger partial charge in [-0.3, -0.25) is 15.0 Å². The highest BCUT2D eigenvalue weighted by Crippen LogP contribution is 2.51. The van der Waals surface area contributed by atoms with Crippen molar-refractivity contribution >= 4 is 11.7 Å². The summed E-state index contributed by atoms with van der Waals surface area (Å²) in [5.41, 5.74) is 10.4. The minimum atomic E-state index is -0.779. The van der Waals surface area contributed by atoms with E-state index in [0.717, 1.165) is 0 Å². The van der Waals surface area contributed by atoms with Crippen molar-refractivity contribution in [2.45, 2.75) is 39.5 Å². The molecule has 2 aliphatic rings. The van der Waals surface area contributed by atoms with Crippen molar-refractivity contribution in [2.24, 2.45) is 11.1 Å². The number of hydrazine groups is 1. The lowest BCUT2D eigenvalue weighted by molar-refractivity contribution is -0.123. The summed E-state index contributed by atoms with van der Waals surface area (Å²) < 4.78 is 16.4. The van der Waals surface area contributed by atoms with E-state index < -0.39 is 5.92 Å². The number of rotatable bonds is 5.